The summed E-state index contributed by atoms with van der Waals surface area (Å²) in [4.78, 5) is 18.7. The third-order valence-electron chi connectivity index (χ3n) is 14.5. The molecule has 0 bridgehead atoms. The van der Waals surface area contributed by atoms with E-state index in [2.05, 4.69) is 54.7 Å². The minimum absolute atomic E-state index is 0.0489. The number of anilines is 7. The van der Waals surface area contributed by atoms with Crippen molar-refractivity contribution in [3.63, 3.8) is 0 Å². The van der Waals surface area contributed by atoms with Crippen molar-refractivity contribution in [1.82, 2.24) is 9.78 Å². The van der Waals surface area contributed by atoms with Gasteiger partial charge in [-0.1, -0.05) is 89.4 Å². The Kier molecular flexibility index (Phi) is 20.6. The van der Waals surface area contributed by atoms with Gasteiger partial charge < -0.3 is 44.3 Å². The lowest BCUT2D eigenvalue weighted by molar-refractivity contribution is -0.118. The van der Waals surface area contributed by atoms with Gasteiger partial charge in [-0.05, 0) is 126 Å². The molecular formula is C63H66Cl3N9O9S2. The van der Waals surface area contributed by atoms with E-state index in [9.17, 15) is 21.6 Å². The van der Waals surface area contributed by atoms with Crippen molar-refractivity contribution >= 4 is 101 Å². The number of carbonyl (C=O) groups is 1. The van der Waals surface area contributed by atoms with E-state index < -0.39 is 20.0 Å². The predicted molar refractivity (Wildman–Crippen MR) is 341 cm³/mol. The van der Waals surface area contributed by atoms with Crippen LogP contribution in [0.5, 0.6) is 5.75 Å². The molecule has 1 aromatic heterocycles. The van der Waals surface area contributed by atoms with Gasteiger partial charge in [0.15, 0.2) is 6.61 Å². The van der Waals surface area contributed by atoms with Gasteiger partial charge in [0, 0.05) is 96.9 Å². The Morgan fingerprint density at radius 1 is 0.535 bits per heavy atom. The summed E-state index contributed by atoms with van der Waals surface area (Å²) in [5.41, 5.74) is 8.57. The molecule has 2 N–H and O–H groups in total. The van der Waals surface area contributed by atoms with Gasteiger partial charge in [0.05, 0.1) is 80.9 Å². The number of hydrogen-bond donors (Lipinski definition) is 2. The van der Waals surface area contributed by atoms with Crippen molar-refractivity contribution in [2.45, 2.75) is 29.4 Å². The molecule has 0 aliphatic carbocycles. The van der Waals surface area contributed by atoms with Crippen LogP contribution in [-0.2, 0) is 65.7 Å². The summed E-state index contributed by atoms with van der Waals surface area (Å²) in [5, 5.41) is 12.1. The van der Waals surface area contributed by atoms with Crippen LogP contribution in [0, 0.1) is 0 Å². The van der Waals surface area contributed by atoms with Gasteiger partial charge in [0.2, 0.25) is 0 Å². The molecule has 3 fully saturated rings. The topological polar surface area (TPSA) is 180 Å². The van der Waals surface area contributed by atoms with Crippen molar-refractivity contribution in [3.8, 4) is 5.75 Å². The summed E-state index contributed by atoms with van der Waals surface area (Å²) in [7, 11) is -6.13. The number of aryl methyl sites for hydroxylation is 1. The SMILES string of the molecule is Clc1ccc(CNc2cccc(N3CCOCC3)c2)cc1.Cn1cc(S(=O)(=O)N(Cc2ccc(Cl)cc2)c2cccc(N3CCOCC3)c2)cn1.O=C1COc2ccc(S(=O)(=O)N(Cc3ccc(Cl)cc3)c3cccc(N4CCOCC4)c3)cc2N1. The molecule has 450 valence electrons. The molecule has 5 heterocycles. The average Bonchev–Trinajstić information content (AvgIpc) is 3.63. The van der Waals surface area contributed by atoms with Crippen LogP contribution >= 0.6 is 34.8 Å². The molecule has 86 heavy (non-hydrogen) atoms. The molecule has 3 saturated heterocycles. The Morgan fingerprint density at radius 2 is 0.977 bits per heavy atom. The standard InChI is InChI=1S/C25H24ClN3O5S.C21H23ClN4O3S.C17H19ClN2O/c26-19-6-4-18(5-7-19)16-29(21-3-1-2-20(14-21)28-10-12-33-13-11-28)35(31,32)22-8-9-24-23(15-22)27-25(30)17-34-24;1-24-16-21(14-23-24)30(27,28)26(15-17-5-7-18(22)8-6-17)20-4-2-3-19(13-20)25-9-11-29-12-10-25;18-15-6-4-14(5-7-15)13-19-16-2-1-3-17(12-16)20-8-10-21-11-9-20/h1-9,14-15H,10-13,16-17H2,(H,27,30);2-8,13-14,16H,9-12,15H2,1H3;1-7,12,19H,8-11,13H2. The van der Waals surface area contributed by atoms with Gasteiger partial charge >= 0.3 is 0 Å². The first-order valence-electron chi connectivity index (χ1n) is 28.0. The van der Waals surface area contributed by atoms with E-state index in [1.807, 2.05) is 78.9 Å². The van der Waals surface area contributed by atoms with Gasteiger partial charge in [-0.25, -0.2) is 16.8 Å². The van der Waals surface area contributed by atoms with Crippen LogP contribution in [0.3, 0.4) is 0 Å². The molecule has 0 spiro atoms. The lowest BCUT2D eigenvalue weighted by atomic mass is 10.2. The number of carbonyl (C=O) groups excluding carboxylic acids is 1. The first-order chi connectivity index (χ1) is 41.6. The number of nitrogens with zero attached hydrogens (tertiary/aromatic N) is 7. The van der Waals surface area contributed by atoms with E-state index in [0.29, 0.717) is 59.3 Å². The van der Waals surface area contributed by atoms with E-state index >= 15 is 0 Å². The summed E-state index contributed by atoms with van der Waals surface area (Å²) in [5.74, 6) is 0.102. The Balaban J connectivity index is 0.000000147. The predicted octanol–water partition coefficient (Wildman–Crippen LogP) is 11.0. The van der Waals surface area contributed by atoms with E-state index in [4.69, 9.17) is 53.8 Å². The summed E-state index contributed by atoms with van der Waals surface area (Å²) in [6.07, 6.45) is 2.88. The molecule has 12 rings (SSSR count). The van der Waals surface area contributed by atoms with Crippen LogP contribution in [0.1, 0.15) is 16.7 Å². The van der Waals surface area contributed by atoms with E-state index in [0.717, 1.165) is 92.2 Å². The van der Waals surface area contributed by atoms with E-state index in [1.165, 1.54) is 49.1 Å². The molecule has 18 nitrogen and oxygen atoms in total. The van der Waals surface area contributed by atoms with Crippen LogP contribution in [0.15, 0.2) is 186 Å². The second-order valence-corrected chi connectivity index (χ2v) is 25.5. The quantitative estimate of drug-likeness (QED) is 0.0933. The Morgan fingerprint density at radius 3 is 1.44 bits per heavy atom. The van der Waals surface area contributed by atoms with Crippen molar-refractivity contribution in [2.24, 2.45) is 7.05 Å². The molecule has 1 amide bonds. The minimum Gasteiger partial charge on any atom is -0.482 e. The number of aromatic nitrogens is 2. The number of morpholine rings is 3. The second-order valence-electron chi connectivity index (χ2n) is 20.5. The highest BCUT2D eigenvalue weighted by Gasteiger charge is 2.30. The van der Waals surface area contributed by atoms with Gasteiger partial charge in [-0.2, -0.15) is 5.10 Å². The molecule has 0 saturated carbocycles. The number of halogens is 3. The fourth-order valence-corrected chi connectivity index (χ4v) is 13.2. The average molecular weight is 1260 g/mol. The van der Waals surface area contributed by atoms with Gasteiger partial charge in [0.25, 0.3) is 26.0 Å². The Labute approximate surface area is 517 Å². The Bertz CT molecular complexity index is 3790. The number of hydrogen-bond acceptors (Lipinski definition) is 14. The highest BCUT2D eigenvalue weighted by molar-refractivity contribution is 7.93. The van der Waals surface area contributed by atoms with Gasteiger partial charge in [0.1, 0.15) is 10.6 Å². The molecule has 7 aromatic carbocycles. The molecule has 23 heteroatoms. The molecule has 0 radical (unpaired) electrons. The fourth-order valence-electron chi connectivity index (χ4n) is 9.92. The number of amides is 1. The molecule has 0 unspecified atom stereocenters. The van der Waals surface area contributed by atoms with Crippen LogP contribution < -0.4 is 38.7 Å². The first-order valence-corrected chi connectivity index (χ1v) is 32.0. The lowest BCUT2D eigenvalue weighted by Crippen LogP contribution is -2.36. The van der Waals surface area contributed by atoms with E-state index in [-0.39, 0.29) is 35.4 Å². The summed E-state index contributed by atoms with van der Waals surface area (Å²) in [6.45, 7) is 10.1. The number of benzene rings is 7. The van der Waals surface area contributed by atoms with Crippen LogP contribution in [0.25, 0.3) is 0 Å². The summed E-state index contributed by atoms with van der Waals surface area (Å²) in [6, 6.07) is 50.3. The fraction of sp³-hybridized carbons (Fsp3) is 0.270. The zero-order valence-electron chi connectivity index (χ0n) is 47.3. The number of ether oxygens (including phenoxy) is 4. The smallest absolute Gasteiger partial charge is 0.267 e. The van der Waals surface area contributed by atoms with Crippen LogP contribution in [0.4, 0.5) is 39.8 Å². The molecule has 4 aliphatic heterocycles. The van der Waals surface area contributed by atoms with E-state index in [1.54, 1.807) is 55.6 Å². The number of nitrogens with one attached hydrogen (secondary N) is 2. The molecular weight excluding hydrogens is 1200 g/mol. The summed E-state index contributed by atoms with van der Waals surface area (Å²) >= 11 is 17.9. The van der Waals surface area contributed by atoms with Gasteiger partial charge in [-0.15, -0.1) is 0 Å². The minimum atomic E-state index is -4.01. The maximum absolute atomic E-state index is 14.0. The van der Waals surface area contributed by atoms with Crippen molar-refractivity contribution in [2.75, 3.05) is 119 Å². The van der Waals surface area contributed by atoms with Crippen molar-refractivity contribution in [1.29, 1.82) is 0 Å². The molecule has 8 aromatic rings. The zero-order valence-corrected chi connectivity index (χ0v) is 51.2. The van der Waals surface area contributed by atoms with Gasteiger partial charge in [-0.3, -0.25) is 18.1 Å². The number of rotatable bonds is 16. The molecule has 0 atom stereocenters. The zero-order chi connectivity index (χ0) is 60.0. The monoisotopic (exact) mass is 1260 g/mol. The largest absolute Gasteiger partial charge is 0.482 e. The maximum Gasteiger partial charge on any atom is 0.267 e. The highest BCUT2D eigenvalue weighted by atomic mass is 35.5. The van der Waals surface area contributed by atoms with Crippen LogP contribution in [-0.4, -0.2) is 118 Å². The third kappa shape index (κ3) is 16.1. The lowest BCUT2D eigenvalue weighted by Gasteiger charge is -2.31. The van der Waals surface area contributed by atoms with Crippen molar-refractivity contribution in [3.05, 3.63) is 208 Å². The number of fused-ring (bicyclic) bond motifs is 1. The highest BCUT2D eigenvalue weighted by Crippen LogP contribution is 2.36. The number of sulfonamides is 2. The Hall–Kier alpha value is -7.53. The maximum atomic E-state index is 14.0. The first kappa shape index (κ1) is 61.6. The normalized spacial score (nSPS) is 15.2. The molecule has 4 aliphatic rings. The van der Waals surface area contributed by atoms with Crippen LogP contribution in [0.2, 0.25) is 15.1 Å². The van der Waals surface area contributed by atoms with Crippen molar-refractivity contribution < 1.29 is 40.6 Å². The summed E-state index contributed by atoms with van der Waals surface area (Å²) < 4.78 is 80.9. The second kappa shape index (κ2) is 28.8. The third-order valence-corrected chi connectivity index (χ3v) is 18.8.